The number of rotatable bonds is 10. The van der Waals surface area contributed by atoms with Crippen molar-refractivity contribution in [3.63, 3.8) is 0 Å². The van der Waals surface area contributed by atoms with Gasteiger partial charge in [-0.1, -0.05) is 57.8 Å². The normalized spacial score (nSPS) is 24.4. The zero-order valence-corrected chi connectivity index (χ0v) is 28.1. The first-order valence-electron chi connectivity index (χ1n) is 15.3. The van der Waals surface area contributed by atoms with Crippen molar-refractivity contribution >= 4 is 31.9 Å². The van der Waals surface area contributed by atoms with Crippen LogP contribution in [0.3, 0.4) is 0 Å². The number of hydrogen-bond acceptors (Lipinski definition) is 4. The highest BCUT2D eigenvalue weighted by atomic mass is 79.9. The van der Waals surface area contributed by atoms with Gasteiger partial charge in [0, 0.05) is 33.3 Å². The molecule has 2 fully saturated rings. The molecule has 2 saturated carbocycles. The molecule has 0 heterocycles. The molecular formula is C34H50Br2O4. The van der Waals surface area contributed by atoms with Crippen LogP contribution < -0.4 is 9.47 Å². The molecule has 6 heteroatoms. The number of aliphatic hydroxyl groups is 2. The number of benzene rings is 2. The van der Waals surface area contributed by atoms with Crippen LogP contribution in [0.1, 0.15) is 89.2 Å². The minimum Gasteiger partial charge on any atom is -0.490 e. The Morgan fingerprint density at radius 3 is 1.32 bits per heavy atom. The fourth-order valence-electron chi connectivity index (χ4n) is 6.22. The fraction of sp³-hybridized carbons (Fsp3) is 0.647. The lowest BCUT2D eigenvalue weighted by Gasteiger charge is -2.32. The van der Waals surface area contributed by atoms with E-state index in [0.717, 1.165) is 70.8 Å². The van der Waals surface area contributed by atoms with E-state index in [-0.39, 0.29) is 0 Å². The Morgan fingerprint density at radius 2 is 1.00 bits per heavy atom. The summed E-state index contributed by atoms with van der Waals surface area (Å²) in [5, 5.41) is 18.1. The van der Waals surface area contributed by atoms with Crippen molar-refractivity contribution in [2.75, 3.05) is 13.2 Å². The van der Waals surface area contributed by atoms with Crippen LogP contribution in [-0.4, -0.2) is 35.6 Å². The van der Waals surface area contributed by atoms with E-state index in [2.05, 4.69) is 83.8 Å². The van der Waals surface area contributed by atoms with Gasteiger partial charge in [0.15, 0.2) is 0 Å². The summed E-state index contributed by atoms with van der Waals surface area (Å²) in [4.78, 5) is 0. The SMILES string of the molecule is Cc1c(Br)cccc1OC1CCC(C(C)CCO)CC1.Cc1c(Br)cccc1OC1CCC(C(C)CCO)CC1. The summed E-state index contributed by atoms with van der Waals surface area (Å²) in [5.74, 6) is 4.79. The predicted molar refractivity (Wildman–Crippen MR) is 172 cm³/mol. The van der Waals surface area contributed by atoms with Crippen LogP contribution in [-0.2, 0) is 0 Å². The molecule has 2 aromatic carbocycles. The van der Waals surface area contributed by atoms with Crippen molar-refractivity contribution in [3.8, 4) is 11.5 Å². The summed E-state index contributed by atoms with van der Waals surface area (Å²) in [6, 6.07) is 12.3. The largest absolute Gasteiger partial charge is 0.490 e. The number of ether oxygens (including phenoxy) is 2. The zero-order valence-electron chi connectivity index (χ0n) is 24.9. The average molecular weight is 683 g/mol. The van der Waals surface area contributed by atoms with E-state index in [1.807, 2.05) is 12.1 Å². The van der Waals surface area contributed by atoms with Crippen molar-refractivity contribution in [1.29, 1.82) is 0 Å². The van der Waals surface area contributed by atoms with Crippen LogP contribution in [0.25, 0.3) is 0 Å². The summed E-state index contributed by atoms with van der Waals surface area (Å²) in [6.45, 7) is 9.34. The van der Waals surface area contributed by atoms with Gasteiger partial charge in [-0.3, -0.25) is 0 Å². The molecule has 0 bridgehead atoms. The lowest BCUT2D eigenvalue weighted by molar-refractivity contribution is 0.105. The summed E-state index contributed by atoms with van der Waals surface area (Å²) in [5.41, 5.74) is 2.37. The van der Waals surface area contributed by atoms with Crippen LogP contribution in [0.15, 0.2) is 45.3 Å². The maximum atomic E-state index is 9.04. The van der Waals surface area contributed by atoms with E-state index < -0.39 is 0 Å². The van der Waals surface area contributed by atoms with E-state index in [1.54, 1.807) is 0 Å². The molecule has 0 radical (unpaired) electrons. The standard InChI is InChI=1S/2C17H25BrO2/c2*1-12(10-11-19)14-6-8-15(9-7-14)20-17-5-3-4-16(18)13(17)2/h2*3-5,12,14-15,19H,6-11H2,1-2H3. The van der Waals surface area contributed by atoms with Crippen molar-refractivity contribution < 1.29 is 19.7 Å². The topological polar surface area (TPSA) is 58.9 Å². The van der Waals surface area contributed by atoms with Gasteiger partial charge in [-0.05, 0) is 126 Å². The van der Waals surface area contributed by atoms with Gasteiger partial charge in [0.1, 0.15) is 11.5 Å². The Bertz CT molecular complexity index is 931. The summed E-state index contributed by atoms with van der Waals surface area (Å²) >= 11 is 7.11. The van der Waals surface area contributed by atoms with Gasteiger partial charge in [0.2, 0.25) is 0 Å². The van der Waals surface area contributed by atoms with Gasteiger partial charge < -0.3 is 19.7 Å². The molecule has 0 aromatic heterocycles. The van der Waals surface area contributed by atoms with Crippen molar-refractivity contribution in [2.45, 2.75) is 104 Å². The van der Waals surface area contributed by atoms with E-state index in [1.165, 1.54) is 36.8 Å². The average Bonchev–Trinajstić information content (AvgIpc) is 2.95. The van der Waals surface area contributed by atoms with E-state index >= 15 is 0 Å². The van der Waals surface area contributed by atoms with Gasteiger partial charge in [0.05, 0.1) is 12.2 Å². The van der Waals surface area contributed by atoms with E-state index in [0.29, 0.717) is 37.3 Å². The predicted octanol–water partition coefficient (Wildman–Crippen LogP) is 9.43. The molecule has 2 aromatic rings. The number of halogens is 2. The number of aliphatic hydroxyl groups excluding tert-OH is 2. The highest BCUT2D eigenvalue weighted by Crippen LogP contribution is 2.36. The summed E-state index contributed by atoms with van der Waals surface area (Å²) in [7, 11) is 0. The van der Waals surface area contributed by atoms with Crippen LogP contribution >= 0.6 is 31.9 Å². The second kappa shape index (κ2) is 17.1. The van der Waals surface area contributed by atoms with Gasteiger partial charge in [-0.2, -0.15) is 0 Å². The lowest BCUT2D eigenvalue weighted by Crippen LogP contribution is -2.27. The lowest BCUT2D eigenvalue weighted by atomic mass is 9.78. The number of hydrogen-bond donors (Lipinski definition) is 2. The second-order valence-electron chi connectivity index (χ2n) is 12.0. The minimum atomic E-state index is 0.314. The smallest absolute Gasteiger partial charge is 0.123 e. The third kappa shape index (κ3) is 10.0. The first kappa shape index (κ1) is 33.4. The van der Waals surface area contributed by atoms with E-state index in [9.17, 15) is 0 Å². The molecule has 2 N–H and O–H groups in total. The Kier molecular flexibility index (Phi) is 14.3. The maximum absolute atomic E-state index is 9.04. The quantitative estimate of drug-likeness (QED) is 0.262. The maximum Gasteiger partial charge on any atom is 0.123 e. The van der Waals surface area contributed by atoms with Crippen LogP contribution in [0.2, 0.25) is 0 Å². The molecule has 4 nitrogen and oxygen atoms in total. The summed E-state index contributed by atoms with van der Waals surface area (Å²) in [6.07, 6.45) is 12.0. The highest BCUT2D eigenvalue weighted by molar-refractivity contribution is 9.10. The monoisotopic (exact) mass is 680 g/mol. The minimum absolute atomic E-state index is 0.314. The molecule has 2 unspecified atom stereocenters. The van der Waals surface area contributed by atoms with Crippen LogP contribution in [0.4, 0.5) is 0 Å². The third-order valence-electron chi connectivity index (χ3n) is 9.24. The molecule has 40 heavy (non-hydrogen) atoms. The first-order chi connectivity index (χ1) is 19.2. The molecule has 0 aliphatic heterocycles. The molecule has 2 aliphatic rings. The molecule has 0 amide bonds. The van der Waals surface area contributed by atoms with E-state index in [4.69, 9.17) is 19.7 Å². The van der Waals surface area contributed by atoms with Gasteiger partial charge in [0.25, 0.3) is 0 Å². The van der Waals surface area contributed by atoms with Crippen molar-refractivity contribution in [3.05, 3.63) is 56.5 Å². The summed E-state index contributed by atoms with van der Waals surface area (Å²) < 4.78 is 14.6. The van der Waals surface area contributed by atoms with Crippen molar-refractivity contribution in [1.82, 2.24) is 0 Å². The Labute approximate surface area is 259 Å². The highest BCUT2D eigenvalue weighted by Gasteiger charge is 2.27. The fourth-order valence-corrected chi connectivity index (χ4v) is 6.92. The second-order valence-corrected chi connectivity index (χ2v) is 13.7. The Balaban J connectivity index is 0.000000220. The van der Waals surface area contributed by atoms with Crippen molar-refractivity contribution in [2.24, 2.45) is 23.7 Å². The molecule has 4 rings (SSSR count). The first-order valence-corrected chi connectivity index (χ1v) is 16.9. The van der Waals surface area contributed by atoms with Crippen LogP contribution in [0.5, 0.6) is 11.5 Å². The zero-order chi connectivity index (χ0) is 29.1. The van der Waals surface area contributed by atoms with Crippen LogP contribution in [0, 0.1) is 37.5 Å². The molecule has 224 valence electrons. The molecular weight excluding hydrogens is 632 g/mol. The molecule has 0 spiro atoms. The van der Waals surface area contributed by atoms with Gasteiger partial charge in [-0.25, -0.2) is 0 Å². The molecule has 2 aliphatic carbocycles. The Morgan fingerprint density at radius 1 is 0.650 bits per heavy atom. The molecule has 0 saturated heterocycles. The third-order valence-corrected chi connectivity index (χ3v) is 11.0. The van der Waals surface area contributed by atoms with Gasteiger partial charge >= 0.3 is 0 Å². The van der Waals surface area contributed by atoms with Gasteiger partial charge in [-0.15, -0.1) is 0 Å². The molecule has 2 atom stereocenters. The Hall–Kier alpha value is -1.08.